The van der Waals surface area contributed by atoms with Gasteiger partial charge in [0.05, 0.1) is 5.69 Å². The molecule has 0 aromatic carbocycles. The fraction of sp³-hybridized carbons (Fsp3) is 0.786. The fourth-order valence-corrected chi connectivity index (χ4v) is 2.49. The molecule has 1 aliphatic carbocycles. The minimum atomic E-state index is 0.632. The molecule has 1 atom stereocenters. The molecule has 2 N–H and O–H groups in total. The smallest absolute Gasteiger partial charge is 0.151 e. The van der Waals surface area contributed by atoms with Crippen LogP contribution in [0.4, 0.5) is 0 Å². The van der Waals surface area contributed by atoms with Crippen LogP contribution in [0, 0.1) is 11.8 Å². The molecule has 0 bridgehead atoms. The Morgan fingerprint density at radius 3 is 2.94 bits per heavy atom. The van der Waals surface area contributed by atoms with Gasteiger partial charge in [-0.2, -0.15) is 0 Å². The monoisotopic (exact) mass is 269 g/mol. The van der Waals surface area contributed by atoms with E-state index in [1.165, 1.54) is 19.3 Å². The number of aromatic nitrogens is 2. The molecule has 102 valence electrons. The van der Waals surface area contributed by atoms with Gasteiger partial charge in [0.25, 0.3) is 0 Å². The summed E-state index contributed by atoms with van der Waals surface area (Å²) in [6, 6.07) is 0. The van der Waals surface area contributed by atoms with E-state index in [0.717, 1.165) is 49.3 Å². The van der Waals surface area contributed by atoms with E-state index in [2.05, 4.69) is 29.1 Å². The molecule has 1 aromatic heterocycles. The molecule has 1 unspecified atom stereocenters. The quantitative estimate of drug-likeness (QED) is 0.758. The minimum absolute atomic E-state index is 0.632. The lowest BCUT2D eigenvalue weighted by molar-refractivity contribution is 0.460. The van der Waals surface area contributed by atoms with Crippen molar-refractivity contribution in [3.8, 4) is 0 Å². The molecule has 1 saturated carbocycles. The van der Waals surface area contributed by atoms with Crippen molar-refractivity contribution < 1.29 is 0 Å². The number of nitrogens with zero attached hydrogens (tertiary/aromatic N) is 1. The highest BCUT2D eigenvalue weighted by atomic mass is 35.5. The molecule has 0 aliphatic heterocycles. The van der Waals surface area contributed by atoms with Crippen molar-refractivity contribution in [2.24, 2.45) is 11.8 Å². The van der Waals surface area contributed by atoms with Gasteiger partial charge in [0.1, 0.15) is 5.82 Å². The summed E-state index contributed by atoms with van der Waals surface area (Å²) < 4.78 is 0. The van der Waals surface area contributed by atoms with Crippen LogP contribution in [0.5, 0.6) is 0 Å². The Morgan fingerprint density at radius 1 is 1.50 bits per heavy atom. The third-order valence-corrected chi connectivity index (χ3v) is 4.05. The summed E-state index contributed by atoms with van der Waals surface area (Å²) in [7, 11) is 0. The first-order chi connectivity index (χ1) is 8.70. The number of rotatable bonds is 8. The van der Waals surface area contributed by atoms with E-state index in [9.17, 15) is 0 Å². The van der Waals surface area contributed by atoms with Gasteiger partial charge in [-0.05, 0) is 37.6 Å². The van der Waals surface area contributed by atoms with Crippen molar-refractivity contribution in [3.05, 3.63) is 16.7 Å². The van der Waals surface area contributed by atoms with Crippen LogP contribution in [0.25, 0.3) is 0 Å². The van der Waals surface area contributed by atoms with Crippen molar-refractivity contribution >= 4 is 11.6 Å². The Bertz CT molecular complexity index is 371. The lowest BCUT2D eigenvalue weighted by Crippen LogP contribution is -2.22. The van der Waals surface area contributed by atoms with E-state index in [1.54, 1.807) is 0 Å². The van der Waals surface area contributed by atoms with Crippen LogP contribution in [0.2, 0.25) is 5.15 Å². The molecule has 0 spiro atoms. The number of aromatic amines is 1. The first-order valence-electron chi connectivity index (χ1n) is 7.14. The van der Waals surface area contributed by atoms with Crippen LogP contribution in [0.1, 0.15) is 51.0 Å². The van der Waals surface area contributed by atoms with Crippen LogP contribution in [0.3, 0.4) is 0 Å². The highest BCUT2D eigenvalue weighted by Crippen LogP contribution is 2.36. The SMILES string of the molecule is CCCCc1nc(Cl)c(CNCC(C)C2CC2)[nH]1. The number of halogens is 1. The van der Waals surface area contributed by atoms with Crippen LogP contribution in [0.15, 0.2) is 0 Å². The predicted octanol–water partition coefficient (Wildman–Crippen LogP) is 3.54. The second-order valence-corrected chi connectivity index (χ2v) is 5.86. The summed E-state index contributed by atoms with van der Waals surface area (Å²) in [6.07, 6.45) is 6.17. The van der Waals surface area contributed by atoms with Gasteiger partial charge in [0.2, 0.25) is 0 Å². The van der Waals surface area contributed by atoms with Crippen LogP contribution < -0.4 is 5.32 Å². The number of nitrogens with one attached hydrogen (secondary N) is 2. The fourth-order valence-electron chi connectivity index (χ4n) is 2.28. The molecule has 0 radical (unpaired) electrons. The number of hydrogen-bond acceptors (Lipinski definition) is 2. The summed E-state index contributed by atoms with van der Waals surface area (Å²) in [6.45, 7) is 6.39. The molecule has 1 aliphatic rings. The standard InChI is InChI=1S/C14H24ClN3/c1-3-4-5-13-17-12(14(15)18-13)9-16-8-10(2)11-6-7-11/h10-11,16H,3-9H2,1-2H3,(H,17,18). The molecule has 1 heterocycles. The minimum Gasteiger partial charge on any atom is -0.344 e. The number of unbranched alkanes of at least 4 members (excludes halogenated alkanes) is 1. The topological polar surface area (TPSA) is 40.7 Å². The zero-order valence-corrected chi connectivity index (χ0v) is 12.2. The molecule has 2 rings (SSSR count). The number of hydrogen-bond donors (Lipinski definition) is 2. The van der Waals surface area contributed by atoms with Crippen LogP contribution in [-0.2, 0) is 13.0 Å². The van der Waals surface area contributed by atoms with E-state index in [-0.39, 0.29) is 0 Å². The highest BCUT2D eigenvalue weighted by Gasteiger charge is 2.27. The zero-order valence-electron chi connectivity index (χ0n) is 11.4. The van der Waals surface area contributed by atoms with Crippen molar-refractivity contribution in [1.29, 1.82) is 0 Å². The molecular weight excluding hydrogens is 246 g/mol. The third kappa shape index (κ3) is 3.99. The van der Waals surface area contributed by atoms with Crippen molar-refractivity contribution in [2.75, 3.05) is 6.54 Å². The maximum Gasteiger partial charge on any atom is 0.151 e. The van der Waals surface area contributed by atoms with Gasteiger partial charge in [-0.25, -0.2) is 4.98 Å². The van der Waals surface area contributed by atoms with Gasteiger partial charge in [-0.1, -0.05) is 31.9 Å². The van der Waals surface area contributed by atoms with Gasteiger partial charge in [0.15, 0.2) is 5.15 Å². The summed E-state index contributed by atoms with van der Waals surface area (Å²) in [5, 5.41) is 4.11. The van der Waals surface area contributed by atoms with Gasteiger partial charge >= 0.3 is 0 Å². The average Bonchev–Trinajstić information content (AvgIpc) is 3.13. The predicted molar refractivity (Wildman–Crippen MR) is 75.8 cm³/mol. The highest BCUT2D eigenvalue weighted by molar-refractivity contribution is 6.30. The Balaban J connectivity index is 1.75. The van der Waals surface area contributed by atoms with Gasteiger partial charge in [-0.15, -0.1) is 0 Å². The lowest BCUT2D eigenvalue weighted by atomic mass is 10.1. The Morgan fingerprint density at radius 2 is 2.28 bits per heavy atom. The first-order valence-corrected chi connectivity index (χ1v) is 7.52. The maximum atomic E-state index is 6.13. The second-order valence-electron chi connectivity index (χ2n) is 5.50. The van der Waals surface area contributed by atoms with E-state index in [1.807, 2.05) is 0 Å². The number of imidazole rings is 1. The van der Waals surface area contributed by atoms with Gasteiger partial charge in [0, 0.05) is 13.0 Å². The third-order valence-electron chi connectivity index (χ3n) is 3.74. The van der Waals surface area contributed by atoms with E-state index in [0.29, 0.717) is 5.15 Å². The van der Waals surface area contributed by atoms with E-state index < -0.39 is 0 Å². The van der Waals surface area contributed by atoms with Gasteiger partial charge < -0.3 is 10.3 Å². The van der Waals surface area contributed by atoms with Gasteiger partial charge in [-0.3, -0.25) is 0 Å². The number of aryl methyl sites for hydroxylation is 1. The summed E-state index contributed by atoms with van der Waals surface area (Å²) in [5.74, 6) is 2.76. The largest absolute Gasteiger partial charge is 0.344 e. The van der Waals surface area contributed by atoms with Crippen molar-refractivity contribution in [3.63, 3.8) is 0 Å². The molecule has 18 heavy (non-hydrogen) atoms. The lowest BCUT2D eigenvalue weighted by Gasteiger charge is -2.10. The molecule has 4 heteroatoms. The Labute approximate surface area is 115 Å². The Hall–Kier alpha value is -0.540. The molecule has 3 nitrogen and oxygen atoms in total. The zero-order chi connectivity index (χ0) is 13.0. The molecule has 1 fully saturated rings. The average molecular weight is 270 g/mol. The summed E-state index contributed by atoms with van der Waals surface area (Å²) >= 11 is 6.13. The first kappa shape index (κ1) is 13.9. The van der Waals surface area contributed by atoms with Crippen LogP contribution >= 0.6 is 11.6 Å². The van der Waals surface area contributed by atoms with E-state index >= 15 is 0 Å². The second kappa shape index (κ2) is 6.58. The summed E-state index contributed by atoms with van der Waals surface area (Å²) in [5.41, 5.74) is 1.03. The molecule has 1 aromatic rings. The Kier molecular flexibility index (Phi) is 5.07. The molecule has 0 amide bonds. The van der Waals surface area contributed by atoms with Crippen LogP contribution in [-0.4, -0.2) is 16.5 Å². The molecular formula is C14H24ClN3. The molecule has 0 saturated heterocycles. The normalized spacial score (nSPS) is 17.1. The van der Waals surface area contributed by atoms with Crippen molar-refractivity contribution in [1.82, 2.24) is 15.3 Å². The van der Waals surface area contributed by atoms with E-state index in [4.69, 9.17) is 11.6 Å². The maximum absolute atomic E-state index is 6.13. The number of H-pyrrole nitrogens is 1. The summed E-state index contributed by atoms with van der Waals surface area (Å²) in [4.78, 5) is 7.69. The van der Waals surface area contributed by atoms with Crippen molar-refractivity contribution in [2.45, 2.75) is 52.5 Å².